The Balaban J connectivity index is 2.48. The average molecular weight is 361 g/mol. The molecule has 3 N–H and O–H groups in total. The molecule has 1 amide bonds. The van der Waals surface area contributed by atoms with Crippen LogP contribution >= 0.6 is 27.7 Å². The van der Waals surface area contributed by atoms with Crippen LogP contribution in [0.25, 0.3) is 0 Å². The summed E-state index contributed by atoms with van der Waals surface area (Å²) in [6.45, 7) is 4.94. The van der Waals surface area contributed by atoms with E-state index in [2.05, 4.69) is 47.2 Å². The predicted octanol–water partition coefficient (Wildman–Crippen LogP) is 2.41. The highest BCUT2D eigenvalue weighted by molar-refractivity contribution is 9.10. The van der Waals surface area contributed by atoms with Crippen LogP contribution in [-0.2, 0) is 9.53 Å². The Bertz CT molecular complexity index is 437. The second kappa shape index (κ2) is 8.02. The third kappa shape index (κ3) is 6.26. The second-order valence-electron chi connectivity index (χ2n) is 5.10. The molecule has 20 heavy (non-hydrogen) atoms. The first kappa shape index (κ1) is 17.5. The van der Waals surface area contributed by atoms with Crippen LogP contribution in [-0.4, -0.2) is 37.0 Å². The molecule has 0 radical (unpaired) electrons. The summed E-state index contributed by atoms with van der Waals surface area (Å²) in [5.74, 6) is -0.184. The van der Waals surface area contributed by atoms with Gasteiger partial charge in [0.1, 0.15) is 6.04 Å². The summed E-state index contributed by atoms with van der Waals surface area (Å²) in [7, 11) is 1.53. The maximum absolute atomic E-state index is 11.7. The van der Waals surface area contributed by atoms with Crippen molar-refractivity contribution in [2.24, 2.45) is 5.73 Å². The summed E-state index contributed by atoms with van der Waals surface area (Å²) in [5, 5.41) is 2.87. The molecule has 112 valence electrons. The van der Waals surface area contributed by atoms with Crippen molar-refractivity contribution in [3.8, 4) is 0 Å². The predicted molar refractivity (Wildman–Crippen MR) is 86.9 cm³/mol. The maximum atomic E-state index is 11.7. The van der Waals surface area contributed by atoms with E-state index in [9.17, 15) is 4.79 Å². The fourth-order valence-corrected chi connectivity index (χ4v) is 2.86. The Kier molecular flexibility index (Phi) is 7.02. The highest BCUT2D eigenvalue weighted by Crippen LogP contribution is 2.32. The number of thioether (sulfide) groups is 1. The van der Waals surface area contributed by atoms with Crippen LogP contribution in [0.5, 0.6) is 0 Å². The van der Waals surface area contributed by atoms with Crippen molar-refractivity contribution in [3.05, 3.63) is 28.7 Å². The molecule has 0 fully saturated rings. The molecular formula is C14H21BrN2O2S. The summed E-state index contributed by atoms with van der Waals surface area (Å²) in [6.07, 6.45) is 0. The van der Waals surface area contributed by atoms with E-state index in [1.165, 1.54) is 7.11 Å². The van der Waals surface area contributed by atoms with E-state index in [0.717, 1.165) is 9.37 Å². The first-order valence-corrected chi connectivity index (χ1v) is 7.92. The van der Waals surface area contributed by atoms with E-state index in [1.54, 1.807) is 11.8 Å². The minimum Gasteiger partial charge on any atom is -0.383 e. The molecule has 0 spiro atoms. The zero-order valence-corrected chi connectivity index (χ0v) is 14.4. The number of methoxy groups -OCH3 is 1. The third-order valence-electron chi connectivity index (χ3n) is 2.58. The summed E-state index contributed by atoms with van der Waals surface area (Å²) in [6, 6.07) is 7.49. The number of nitrogens with two attached hydrogens (primary N) is 1. The number of hydrogen-bond donors (Lipinski definition) is 2. The van der Waals surface area contributed by atoms with Gasteiger partial charge in [0.05, 0.1) is 6.61 Å². The summed E-state index contributed by atoms with van der Waals surface area (Å²) >= 11 is 5.13. The van der Waals surface area contributed by atoms with Crippen molar-refractivity contribution >= 4 is 33.6 Å². The van der Waals surface area contributed by atoms with Crippen LogP contribution in [0.3, 0.4) is 0 Å². The van der Waals surface area contributed by atoms with Crippen LogP contribution in [0.4, 0.5) is 0 Å². The van der Waals surface area contributed by atoms with Gasteiger partial charge in [-0.05, 0) is 38.1 Å². The Labute approximate surface area is 133 Å². The standard InChI is InChI=1S/C14H21BrN2O2S/c1-14(2,9-17-13(18)12(16)8-19-3)20-11-6-4-10(15)5-7-11/h4-7,12H,8-9,16H2,1-3H3,(H,17,18). The average Bonchev–Trinajstić information content (AvgIpc) is 2.39. The van der Waals surface area contributed by atoms with Crippen LogP contribution in [0, 0.1) is 0 Å². The molecule has 1 rings (SSSR count). The quantitative estimate of drug-likeness (QED) is 0.732. The molecule has 0 heterocycles. The minimum atomic E-state index is -0.617. The van der Waals surface area contributed by atoms with Crippen molar-refractivity contribution in [1.82, 2.24) is 5.32 Å². The van der Waals surface area contributed by atoms with Gasteiger partial charge >= 0.3 is 0 Å². The van der Waals surface area contributed by atoms with Crippen molar-refractivity contribution in [3.63, 3.8) is 0 Å². The lowest BCUT2D eigenvalue weighted by Gasteiger charge is -2.25. The van der Waals surface area contributed by atoms with E-state index in [4.69, 9.17) is 10.5 Å². The van der Waals surface area contributed by atoms with Crippen molar-refractivity contribution < 1.29 is 9.53 Å². The van der Waals surface area contributed by atoms with Gasteiger partial charge < -0.3 is 15.8 Å². The molecule has 1 atom stereocenters. The van der Waals surface area contributed by atoms with E-state index < -0.39 is 6.04 Å². The highest BCUT2D eigenvalue weighted by Gasteiger charge is 2.22. The van der Waals surface area contributed by atoms with E-state index in [0.29, 0.717) is 6.54 Å². The number of ether oxygens (including phenoxy) is 1. The Morgan fingerprint density at radius 1 is 1.45 bits per heavy atom. The van der Waals surface area contributed by atoms with Crippen molar-refractivity contribution in [2.75, 3.05) is 20.3 Å². The van der Waals surface area contributed by atoms with Gasteiger partial charge in [-0.15, -0.1) is 11.8 Å². The number of carbonyl (C=O) groups excluding carboxylic acids is 1. The molecule has 0 bridgehead atoms. The topological polar surface area (TPSA) is 64.3 Å². The van der Waals surface area contributed by atoms with Gasteiger partial charge in [-0.2, -0.15) is 0 Å². The number of rotatable bonds is 7. The van der Waals surface area contributed by atoms with Crippen LogP contribution < -0.4 is 11.1 Å². The summed E-state index contributed by atoms with van der Waals surface area (Å²) in [4.78, 5) is 12.9. The molecule has 1 unspecified atom stereocenters. The van der Waals surface area contributed by atoms with Gasteiger partial charge in [-0.3, -0.25) is 4.79 Å². The van der Waals surface area contributed by atoms with Crippen LogP contribution in [0.15, 0.2) is 33.6 Å². The Hall–Kier alpha value is -0.560. The molecule has 0 aliphatic carbocycles. The molecule has 0 aromatic heterocycles. The number of hydrogen-bond acceptors (Lipinski definition) is 4. The monoisotopic (exact) mass is 360 g/mol. The molecule has 0 saturated carbocycles. The van der Waals surface area contributed by atoms with E-state index in [1.807, 2.05) is 12.1 Å². The van der Waals surface area contributed by atoms with Gasteiger partial charge in [-0.25, -0.2) is 0 Å². The zero-order valence-electron chi connectivity index (χ0n) is 12.0. The second-order valence-corrected chi connectivity index (χ2v) is 7.79. The molecule has 0 aliphatic heterocycles. The Morgan fingerprint density at radius 3 is 2.60 bits per heavy atom. The zero-order chi connectivity index (χ0) is 15.2. The van der Waals surface area contributed by atoms with Gasteiger partial charge in [0.25, 0.3) is 0 Å². The third-order valence-corrected chi connectivity index (χ3v) is 4.31. The Morgan fingerprint density at radius 2 is 2.05 bits per heavy atom. The van der Waals surface area contributed by atoms with Gasteiger partial charge in [-0.1, -0.05) is 15.9 Å². The fourth-order valence-electron chi connectivity index (χ4n) is 1.54. The molecule has 6 heteroatoms. The number of amides is 1. The summed E-state index contributed by atoms with van der Waals surface area (Å²) < 4.78 is 5.81. The summed E-state index contributed by atoms with van der Waals surface area (Å²) in [5.41, 5.74) is 5.68. The molecule has 1 aromatic carbocycles. The van der Waals surface area contributed by atoms with Gasteiger partial charge in [0.2, 0.25) is 5.91 Å². The molecule has 0 aliphatic rings. The SMILES string of the molecule is COCC(N)C(=O)NCC(C)(C)Sc1ccc(Br)cc1. The number of carbonyl (C=O) groups is 1. The van der Waals surface area contributed by atoms with Gasteiger partial charge in [0.15, 0.2) is 0 Å². The largest absolute Gasteiger partial charge is 0.383 e. The smallest absolute Gasteiger partial charge is 0.239 e. The molecular weight excluding hydrogens is 340 g/mol. The lowest BCUT2D eigenvalue weighted by Crippen LogP contribution is -2.47. The number of halogens is 1. The van der Waals surface area contributed by atoms with Gasteiger partial charge in [0, 0.05) is 27.8 Å². The lowest BCUT2D eigenvalue weighted by molar-refractivity contribution is -0.123. The number of nitrogens with one attached hydrogen (secondary N) is 1. The molecule has 4 nitrogen and oxygen atoms in total. The minimum absolute atomic E-state index is 0.115. The van der Waals surface area contributed by atoms with E-state index in [-0.39, 0.29) is 17.3 Å². The molecule has 1 aromatic rings. The van der Waals surface area contributed by atoms with Crippen molar-refractivity contribution in [2.45, 2.75) is 29.5 Å². The van der Waals surface area contributed by atoms with Crippen molar-refractivity contribution in [1.29, 1.82) is 0 Å². The first-order valence-electron chi connectivity index (χ1n) is 6.31. The normalized spacial score (nSPS) is 13.1. The van der Waals surface area contributed by atoms with E-state index >= 15 is 0 Å². The fraction of sp³-hybridized carbons (Fsp3) is 0.500. The van der Waals surface area contributed by atoms with Crippen LogP contribution in [0.1, 0.15) is 13.8 Å². The number of benzene rings is 1. The molecule has 0 saturated heterocycles. The maximum Gasteiger partial charge on any atom is 0.239 e. The first-order chi connectivity index (χ1) is 9.34. The lowest BCUT2D eigenvalue weighted by atomic mass is 10.2. The highest BCUT2D eigenvalue weighted by atomic mass is 79.9. The van der Waals surface area contributed by atoms with Crippen LogP contribution in [0.2, 0.25) is 0 Å².